The summed E-state index contributed by atoms with van der Waals surface area (Å²) in [6.45, 7) is 18.8. The van der Waals surface area contributed by atoms with E-state index in [9.17, 15) is 0 Å². The number of ether oxygens (including phenoxy) is 2. The van der Waals surface area contributed by atoms with Gasteiger partial charge in [-0.1, -0.05) is 25.6 Å². The van der Waals surface area contributed by atoms with Crippen LogP contribution >= 0.6 is 0 Å². The van der Waals surface area contributed by atoms with Gasteiger partial charge in [-0.2, -0.15) is 4.98 Å². The number of nitrogens with zero attached hydrogens (tertiary/aromatic N) is 5. The number of hydrogen-bond donors (Lipinski definition) is 2. The van der Waals surface area contributed by atoms with Gasteiger partial charge in [-0.05, 0) is 64.4 Å². The third kappa shape index (κ3) is 5.50. The molecule has 3 atom stereocenters. The molecule has 0 aliphatic carbocycles. The molecule has 0 spiro atoms. The van der Waals surface area contributed by atoms with Gasteiger partial charge in [-0.3, -0.25) is 0 Å². The molecule has 4 aliphatic rings. The van der Waals surface area contributed by atoms with Crippen molar-refractivity contribution in [2.45, 2.75) is 63.5 Å². The zero-order valence-corrected chi connectivity index (χ0v) is 24.8. The molecule has 0 unspecified atom stereocenters. The number of anilines is 3. The van der Waals surface area contributed by atoms with Crippen LogP contribution in [0.5, 0.6) is 0 Å². The first-order chi connectivity index (χ1) is 19.8. The highest BCUT2D eigenvalue weighted by Gasteiger charge is 2.55. The molecular weight excluding hydrogens is 514 g/mol. The molecule has 41 heavy (non-hydrogen) atoms. The zero-order valence-electron chi connectivity index (χ0n) is 24.8. The van der Waals surface area contributed by atoms with E-state index in [0.29, 0.717) is 18.5 Å². The van der Waals surface area contributed by atoms with E-state index in [4.69, 9.17) is 24.4 Å². The molecule has 9 heteroatoms. The number of morpholine rings is 1. The summed E-state index contributed by atoms with van der Waals surface area (Å²) in [4.78, 5) is 19.7. The van der Waals surface area contributed by atoms with E-state index in [1.54, 1.807) is 0 Å². The van der Waals surface area contributed by atoms with Crippen LogP contribution in [0, 0.1) is 0 Å². The fourth-order valence-corrected chi connectivity index (χ4v) is 6.55. The van der Waals surface area contributed by atoms with E-state index >= 15 is 0 Å². The van der Waals surface area contributed by atoms with E-state index in [2.05, 4.69) is 85.1 Å². The van der Waals surface area contributed by atoms with Gasteiger partial charge >= 0.3 is 0 Å². The summed E-state index contributed by atoms with van der Waals surface area (Å²) >= 11 is 0. The van der Waals surface area contributed by atoms with Crippen LogP contribution in [-0.4, -0.2) is 77.5 Å². The SMILES string of the molecule is C=C(/C=C\C(=C/C)N1CCOCC1)Nc1ncc2c(n1)N(c1cccc([C@H]3CCNC3)n1)[C@@H]1CC(C)(C)OC[C@]21C. The van der Waals surface area contributed by atoms with Crippen molar-refractivity contribution in [3.05, 3.63) is 71.9 Å². The molecule has 2 aromatic rings. The van der Waals surface area contributed by atoms with Crippen LogP contribution in [0.1, 0.15) is 57.7 Å². The van der Waals surface area contributed by atoms with Crippen molar-refractivity contribution in [1.29, 1.82) is 0 Å². The van der Waals surface area contributed by atoms with E-state index in [0.717, 1.165) is 86.5 Å². The van der Waals surface area contributed by atoms with Crippen LogP contribution in [0.3, 0.4) is 0 Å². The number of hydrogen-bond acceptors (Lipinski definition) is 9. The van der Waals surface area contributed by atoms with Crippen molar-refractivity contribution in [3.8, 4) is 0 Å². The maximum absolute atomic E-state index is 6.37. The second kappa shape index (κ2) is 11.2. The van der Waals surface area contributed by atoms with E-state index in [1.165, 1.54) is 0 Å². The molecule has 218 valence electrons. The number of pyridine rings is 1. The van der Waals surface area contributed by atoms with Gasteiger partial charge in [0.1, 0.15) is 11.6 Å². The molecule has 3 fully saturated rings. The molecule has 2 N–H and O–H groups in total. The van der Waals surface area contributed by atoms with Crippen molar-refractivity contribution in [2.24, 2.45) is 0 Å². The molecule has 4 aliphatic heterocycles. The first kappa shape index (κ1) is 27.9. The third-order valence-corrected chi connectivity index (χ3v) is 8.99. The highest BCUT2D eigenvalue weighted by atomic mass is 16.5. The molecule has 6 rings (SSSR count). The minimum atomic E-state index is -0.244. The highest BCUT2D eigenvalue weighted by molar-refractivity contribution is 5.70. The number of aromatic nitrogens is 3. The first-order valence-corrected chi connectivity index (χ1v) is 14.9. The highest BCUT2D eigenvalue weighted by Crippen LogP contribution is 2.53. The molecule has 0 radical (unpaired) electrons. The largest absolute Gasteiger partial charge is 0.378 e. The summed E-state index contributed by atoms with van der Waals surface area (Å²) in [5.41, 5.74) is 3.63. The Morgan fingerprint density at radius 1 is 1.17 bits per heavy atom. The molecule has 6 heterocycles. The summed E-state index contributed by atoms with van der Waals surface area (Å²) in [6.07, 6.45) is 10.1. The van der Waals surface area contributed by atoms with Crippen molar-refractivity contribution in [1.82, 2.24) is 25.2 Å². The lowest BCUT2D eigenvalue weighted by Gasteiger charge is -2.46. The minimum Gasteiger partial charge on any atom is -0.378 e. The average molecular weight is 558 g/mol. The second-order valence-corrected chi connectivity index (χ2v) is 12.4. The Bertz CT molecular complexity index is 1340. The van der Waals surface area contributed by atoms with Gasteiger partial charge in [0.2, 0.25) is 5.95 Å². The van der Waals surface area contributed by atoms with Gasteiger partial charge < -0.3 is 29.9 Å². The Kier molecular flexibility index (Phi) is 7.61. The first-order valence-electron chi connectivity index (χ1n) is 14.9. The quantitative estimate of drug-likeness (QED) is 0.473. The van der Waals surface area contributed by atoms with Gasteiger partial charge in [0, 0.05) is 59.8 Å². The third-order valence-electron chi connectivity index (χ3n) is 8.99. The fraction of sp³-hybridized carbons (Fsp3) is 0.531. The maximum atomic E-state index is 6.37. The van der Waals surface area contributed by atoms with Gasteiger partial charge in [-0.15, -0.1) is 0 Å². The Balaban J connectivity index is 1.30. The smallest absolute Gasteiger partial charge is 0.229 e. The summed E-state index contributed by atoms with van der Waals surface area (Å²) in [5.74, 6) is 2.79. The minimum absolute atomic E-state index is 0.157. The van der Waals surface area contributed by atoms with Gasteiger partial charge in [0.05, 0.1) is 31.5 Å². The topological polar surface area (TPSA) is 87.7 Å². The van der Waals surface area contributed by atoms with Crippen LogP contribution in [0.15, 0.2) is 60.6 Å². The summed E-state index contributed by atoms with van der Waals surface area (Å²) < 4.78 is 11.9. The van der Waals surface area contributed by atoms with Gasteiger partial charge in [-0.25, -0.2) is 9.97 Å². The number of rotatable bonds is 7. The van der Waals surface area contributed by atoms with Crippen LogP contribution in [-0.2, 0) is 14.9 Å². The van der Waals surface area contributed by atoms with Crippen molar-refractivity contribution < 1.29 is 9.47 Å². The summed E-state index contributed by atoms with van der Waals surface area (Å²) in [7, 11) is 0. The lowest BCUT2D eigenvalue weighted by molar-refractivity contribution is -0.0893. The lowest BCUT2D eigenvalue weighted by atomic mass is 9.73. The maximum Gasteiger partial charge on any atom is 0.229 e. The number of nitrogens with one attached hydrogen (secondary N) is 2. The summed E-state index contributed by atoms with van der Waals surface area (Å²) in [6, 6.07) is 6.56. The zero-order chi connectivity index (χ0) is 28.6. The number of fused-ring (bicyclic) bond motifs is 3. The monoisotopic (exact) mass is 557 g/mol. The van der Waals surface area contributed by atoms with E-state index in [1.807, 2.05) is 12.3 Å². The molecule has 0 saturated carbocycles. The van der Waals surface area contributed by atoms with Crippen molar-refractivity contribution in [3.63, 3.8) is 0 Å². The Morgan fingerprint density at radius 2 is 2.00 bits per heavy atom. The second-order valence-electron chi connectivity index (χ2n) is 12.4. The lowest BCUT2D eigenvalue weighted by Crippen LogP contribution is -2.54. The number of allylic oxidation sites excluding steroid dienone is 3. The van der Waals surface area contributed by atoms with Crippen molar-refractivity contribution in [2.75, 3.05) is 56.2 Å². The van der Waals surface area contributed by atoms with Crippen LogP contribution in [0.25, 0.3) is 0 Å². The standard InChI is InChI=1S/C32H43N7O2/c1-6-24(38-14-16-40-17-15-38)11-10-22(2)35-30-34-20-25-29(37-30)39(27-18-31(3,4)41-21-32(25,27)5)28-9-7-8-26(36-28)23-12-13-33-19-23/h6-11,20,23,27,33H,2,12-19,21H2,1,3-5H3,(H,34,35,37)/b11-10-,24-6+/t23-,27+,32+/m0/s1. The van der Waals surface area contributed by atoms with E-state index < -0.39 is 0 Å². The molecule has 0 amide bonds. The molecule has 0 aromatic carbocycles. The molecule has 3 saturated heterocycles. The van der Waals surface area contributed by atoms with E-state index in [-0.39, 0.29) is 17.1 Å². The van der Waals surface area contributed by atoms with Gasteiger partial charge in [0.25, 0.3) is 0 Å². The fourth-order valence-electron chi connectivity index (χ4n) is 6.55. The Hall–Kier alpha value is -3.27. The van der Waals surface area contributed by atoms with Crippen LogP contribution in [0.4, 0.5) is 17.6 Å². The molecule has 0 bridgehead atoms. The molecule has 2 aromatic heterocycles. The van der Waals surface area contributed by atoms with Crippen LogP contribution < -0.4 is 15.5 Å². The Labute approximate surface area is 243 Å². The average Bonchev–Trinajstić information content (AvgIpc) is 3.59. The summed E-state index contributed by atoms with van der Waals surface area (Å²) in [5, 5.41) is 6.81. The predicted molar refractivity (Wildman–Crippen MR) is 162 cm³/mol. The normalized spacial score (nSPS) is 27.7. The molecule has 9 nitrogen and oxygen atoms in total. The van der Waals surface area contributed by atoms with Crippen LogP contribution in [0.2, 0.25) is 0 Å². The molecular formula is C32H43N7O2. The Morgan fingerprint density at radius 3 is 2.76 bits per heavy atom. The van der Waals surface area contributed by atoms with Gasteiger partial charge in [0.15, 0.2) is 0 Å². The predicted octanol–water partition coefficient (Wildman–Crippen LogP) is 4.64. The van der Waals surface area contributed by atoms with Crippen molar-refractivity contribution >= 4 is 17.6 Å².